The molecule has 1 heterocycles. The maximum absolute atomic E-state index is 6.03. The minimum atomic E-state index is -0.299. The van der Waals surface area contributed by atoms with Crippen molar-refractivity contribution in [2.75, 3.05) is 13.2 Å². The summed E-state index contributed by atoms with van der Waals surface area (Å²) in [7, 11) is 0. The van der Waals surface area contributed by atoms with Crippen LogP contribution in [0.4, 0.5) is 0 Å². The lowest BCUT2D eigenvalue weighted by Gasteiger charge is -2.24. The average Bonchev–Trinajstić information content (AvgIpc) is 2.30. The fraction of sp³-hybridized carbons (Fsp3) is 0.571. The Balaban J connectivity index is 1.98. The quantitative estimate of drug-likeness (QED) is 0.875. The minimum absolute atomic E-state index is 0.195. The summed E-state index contributed by atoms with van der Waals surface area (Å²) in [5.41, 5.74) is 6.85. The van der Waals surface area contributed by atoms with E-state index in [0.717, 1.165) is 30.8 Å². The van der Waals surface area contributed by atoms with Crippen molar-refractivity contribution < 1.29 is 9.47 Å². The smallest absolute Gasteiger partial charge is 0.122 e. The zero-order chi connectivity index (χ0) is 12.3. The summed E-state index contributed by atoms with van der Waals surface area (Å²) in [5, 5.41) is 0. The molecular formula is C14H21NO2. The van der Waals surface area contributed by atoms with E-state index in [9.17, 15) is 0 Å². The Morgan fingerprint density at radius 1 is 1.29 bits per heavy atom. The lowest BCUT2D eigenvalue weighted by Crippen LogP contribution is -2.29. The van der Waals surface area contributed by atoms with Gasteiger partial charge in [-0.05, 0) is 44.4 Å². The number of rotatable bonds is 3. The molecule has 3 heteroatoms. The molecule has 1 aliphatic rings. The lowest BCUT2D eigenvalue weighted by atomic mass is 9.96. The van der Waals surface area contributed by atoms with Gasteiger partial charge in [0.2, 0.25) is 0 Å². The van der Waals surface area contributed by atoms with Crippen LogP contribution in [0.2, 0.25) is 0 Å². The molecule has 1 aliphatic heterocycles. The Kier molecular flexibility index (Phi) is 3.69. The summed E-state index contributed by atoms with van der Waals surface area (Å²) < 4.78 is 11.2. The van der Waals surface area contributed by atoms with Gasteiger partial charge >= 0.3 is 0 Å². The number of benzene rings is 1. The van der Waals surface area contributed by atoms with Crippen LogP contribution >= 0.6 is 0 Å². The predicted octanol–water partition coefficient (Wildman–Crippen LogP) is 2.44. The van der Waals surface area contributed by atoms with Crippen LogP contribution in [-0.2, 0) is 10.3 Å². The monoisotopic (exact) mass is 235 g/mol. The number of hydrogen-bond acceptors (Lipinski definition) is 3. The molecule has 1 atom stereocenters. The van der Waals surface area contributed by atoms with Crippen molar-refractivity contribution in [2.45, 2.75) is 38.3 Å². The van der Waals surface area contributed by atoms with Gasteiger partial charge < -0.3 is 15.2 Å². The molecule has 0 amide bonds. The molecule has 1 unspecified atom stereocenters. The molecule has 0 aliphatic carbocycles. The maximum atomic E-state index is 6.03. The van der Waals surface area contributed by atoms with Gasteiger partial charge in [-0.2, -0.15) is 0 Å². The number of nitrogens with two attached hydrogens (primary N) is 1. The Morgan fingerprint density at radius 2 is 2.00 bits per heavy atom. The Morgan fingerprint density at radius 3 is 2.53 bits per heavy atom. The highest BCUT2D eigenvalue weighted by molar-refractivity contribution is 5.31. The molecule has 0 radical (unpaired) electrons. The van der Waals surface area contributed by atoms with Crippen LogP contribution in [0.25, 0.3) is 0 Å². The van der Waals surface area contributed by atoms with Crippen LogP contribution in [0.5, 0.6) is 5.75 Å². The Hall–Kier alpha value is -1.06. The molecule has 0 aromatic heterocycles. The molecule has 1 aromatic rings. The van der Waals surface area contributed by atoms with E-state index in [1.807, 2.05) is 38.1 Å². The van der Waals surface area contributed by atoms with Gasteiger partial charge in [0.25, 0.3) is 0 Å². The third-order valence-corrected chi connectivity index (χ3v) is 3.02. The van der Waals surface area contributed by atoms with E-state index >= 15 is 0 Å². The first-order chi connectivity index (χ1) is 8.05. The van der Waals surface area contributed by atoms with Crippen molar-refractivity contribution in [3.63, 3.8) is 0 Å². The van der Waals surface area contributed by atoms with Gasteiger partial charge in [0.05, 0.1) is 6.61 Å². The Bertz CT molecular complexity index is 347. The largest absolute Gasteiger partial charge is 0.488 e. The lowest BCUT2D eigenvalue weighted by molar-refractivity contribution is 0.00742. The minimum Gasteiger partial charge on any atom is -0.488 e. The topological polar surface area (TPSA) is 44.5 Å². The molecule has 0 bridgehead atoms. The molecule has 1 fully saturated rings. The maximum Gasteiger partial charge on any atom is 0.122 e. The predicted molar refractivity (Wildman–Crippen MR) is 68.1 cm³/mol. The second-order valence-corrected chi connectivity index (χ2v) is 5.20. The normalized spacial score (nSPS) is 21.2. The van der Waals surface area contributed by atoms with Crippen LogP contribution < -0.4 is 10.5 Å². The number of hydrogen-bond donors (Lipinski definition) is 1. The summed E-state index contributed by atoms with van der Waals surface area (Å²) in [4.78, 5) is 0. The van der Waals surface area contributed by atoms with Gasteiger partial charge in [0.15, 0.2) is 0 Å². The fourth-order valence-electron chi connectivity index (χ4n) is 1.96. The molecule has 2 rings (SSSR count). The van der Waals surface area contributed by atoms with Crippen LogP contribution in [0.1, 0.15) is 32.3 Å². The standard InChI is InChI=1S/C14H21NO2/c1-14(2,15)11-5-7-12(8-6-11)17-13-4-3-9-16-10-13/h5-8,13H,3-4,9-10,15H2,1-2H3. The molecule has 2 N–H and O–H groups in total. The Labute approximate surface area is 103 Å². The van der Waals surface area contributed by atoms with Crippen molar-refractivity contribution in [3.05, 3.63) is 29.8 Å². The highest BCUT2D eigenvalue weighted by Gasteiger charge is 2.16. The van der Waals surface area contributed by atoms with E-state index in [-0.39, 0.29) is 11.6 Å². The average molecular weight is 235 g/mol. The van der Waals surface area contributed by atoms with Crippen molar-refractivity contribution in [1.82, 2.24) is 0 Å². The zero-order valence-corrected chi connectivity index (χ0v) is 10.6. The van der Waals surface area contributed by atoms with Crippen molar-refractivity contribution in [1.29, 1.82) is 0 Å². The van der Waals surface area contributed by atoms with Gasteiger partial charge in [0, 0.05) is 12.1 Å². The van der Waals surface area contributed by atoms with Crippen LogP contribution in [0.3, 0.4) is 0 Å². The van der Waals surface area contributed by atoms with Gasteiger partial charge in [0.1, 0.15) is 11.9 Å². The summed E-state index contributed by atoms with van der Waals surface area (Å²) in [6, 6.07) is 8.02. The second kappa shape index (κ2) is 5.07. The SMILES string of the molecule is CC(C)(N)c1ccc(OC2CCCOC2)cc1. The first-order valence-corrected chi connectivity index (χ1v) is 6.19. The zero-order valence-electron chi connectivity index (χ0n) is 10.6. The van der Waals surface area contributed by atoms with E-state index in [0.29, 0.717) is 6.61 Å². The second-order valence-electron chi connectivity index (χ2n) is 5.20. The van der Waals surface area contributed by atoms with E-state index < -0.39 is 0 Å². The summed E-state index contributed by atoms with van der Waals surface area (Å²) in [6.07, 6.45) is 2.35. The number of ether oxygens (including phenoxy) is 2. The molecule has 0 saturated carbocycles. The van der Waals surface area contributed by atoms with Crippen molar-refractivity contribution in [3.8, 4) is 5.75 Å². The molecule has 1 saturated heterocycles. The summed E-state index contributed by atoms with van der Waals surface area (Å²) in [5.74, 6) is 0.897. The van der Waals surface area contributed by atoms with Gasteiger partial charge in [-0.15, -0.1) is 0 Å². The first-order valence-electron chi connectivity index (χ1n) is 6.19. The van der Waals surface area contributed by atoms with E-state index in [1.54, 1.807) is 0 Å². The molecule has 0 spiro atoms. The first kappa shape index (κ1) is 12.4. The van der Waals surface area contributed by atoms with Crippen LogP contribution in [0.15, 0.2) is 24.3 Å². The van der Waals surface area contributed by atoms with E-state index in [1.165, 1.54) is 0 Å². The van der Waals surface area contributed by atoms with Crippen molar-refractivity contribution in [2.24, 2.45) is 5.73 Å². The van der Waals surface area contributed by atoms with Gasteiger partial charge in [-0.3, -0.25) is 0 Å². The van der Waals surface area contributed by atoms with Crippen LogP contribution in [-0.4, -0.2) is 19.3 Å². The van der Waals surface area contributed by atoms with Gasteiger partial charge in [-0.25, -0.2) is 0 Å². The summed E-state index contributed by atoms with van der Waals surface area (Å²) in [6.45, 7) is 5.56. The highest BCUT2D eigenvalue weighted by atomic mass is 16.5. The molecular weight excluding hydrogens is 214 g/mol. The molecule has 1 aromatic carbocycles. The van der Waals surface area contributed by atoms with Gasteiger partial charge in [-0.1, -0.05) is 12.1 Å². The van der Waals surface area contributed by atoms with Crippen molar-refractivity contribution >= 4 is 0 Å². The third-order valence-electron chi connectivity index (χ3n) is 3.02. The van der Waals surface area contributed by atoms with E-state index in [4.69, 9.17) is 15.2 Å². The van der Waals surface area contributed by atoms with E-state index in [2.05, 4.69) is 0 Å². The summed E-state index contributed by atoms with van der Waals surface area (Å²) >= 11 is 0. The van der Waals surface area contributed by atoms with Crippen LogP contribution in [0, 0.1) is 0 Å². The highest BCUT2D eigenvalue weighted by Crippen LogP contribution is 2.22. The molecule has 3 nitrogen and oxygen atoms in total. The fourth-order valence-corrected chi connectivity index (χ4v) is 1.96. The molecule has 17 heavy (non-hydrogen) atoms. The third kappa shape index (κ3) is 3.45. The molecule has 94 valence electrons.